The third-order valence-electron chi connectivity index (χ3n) is 3.81. The molecule has 0 aromatic carbocycles. The van der Waals surface area contributed by atoms with Crippen molar-refractivity contribution in [3.8, 4) is 0 Å². The van der Waals surface area contributed by atoms with Crippen LogP contribution in [0.25, 0.3) is 0 Å². The fraction of sp³-hybridized carbons (Fsp3) is 0.714. The van der Waals surface area contributed by atoms with Gasteiger partial charge in [-0.3, -0.25) is 9.59 Å². The van der Waals surface area contributed by atoms with Crippen molar-refractivity contribution in [1.82, 2.24) is 0 Å². The number of carbonyl (C=O) groups is 2. The maximum absolute atomic E-state index is 11.8. The normalized spacial score (nSPS) is 24.9. The Kier molecular flexibility index (Phi) is 4.49. The number of Topliss-reactive ketones (excluding diaryl/α,β-unsaturated/α-hetero) is 1. The van der Waals surface area contributed by atoms with Crippen LogP contribution in [-0.4, -0.2) is 16.9 Å². The molecule has 0 saturated heterocycles. The van der Waals surface area contributed by atoms with Crippen LogP contribution >= 0.6 is 0 Å². The molecule has 1 N–H and O–H groups in total. The SMILES string of the molecule is C=CC1CCC(CCCC(C)(C)C(=O)O)C1=O. The number of carboxylic acid groups (broad SMARTS) is 1. The average Bonchev–Trinajstić information content (AvgIpc) is 2.59. The molecule has 0 aromatic heterocycles. The summed E-state index contributed by atoms with van der Waals surface area (Å²) in [6.45, 7) is 7.14. The maximum atomic E-state index is 11.8. The first-order valence-electron chi connectivity index (χ1n) is 6.28. The van der Waals surface area contributed by atoms with Crippen molar-refractivity contribution < 1.29 is 14.7 Å². The Morgan fingerprint density at radius 1 is 1.53 bits per heavy atom. The summed E-state index contributed by atoms with van der Waals surface area (Å²) in [6, 6.07) is 0. The van der Waals surface area contributed by atoms with Crippen molar-refractivity contribution in [2.75, 3.05) is 0 Å². The first-order chi connectivity index (χ1) is 7.88. The van der Waals surface area contributed by atoms with Gasteiger partial charge in [0.2, 0.25) is 0 Å². The lowest BCUT2D eigenvalue weighted by Crippen LogP contribution is -2.24. The Hall–Kier alpha value is -1.12. The van der Waals surface area contributed by atoms with E-state index >= 15 is 0 Å². The van der Waals surface area contributed by atoms with Gasteiger partial charge in [0.1, 0.15) is 5.78 Å². The van der Waals surface area contributed by atoms with Gasteiger partial charge in [-0.1, -0.05) is 12.5 Å². The lowest BCUT2D eigenvalue weighted by atomic mass is 9.85. The molecular formula is C14H22O3. The number of hydrogen-bond donors (Lipinski definition) is 1. The molecule has 96 valence electrons. The predicted octanol–water partition coefficient (Wildman–Crippen LogP) is 3.05. The molecule has 2 unspecified atom stereocenters. The van der Waals surface area contributed by atoms with Gasteiger partial charge in [0.25, 0.3) is 0 Å². The highest BCUT2D eigenvalue weighted by molar-refractivity contribution is 5.86. The first kappa shape index (κ1) is 13.9. The van der Waals surface area contributed by atoms with Crippen molar-refractivity contribution in [2.24, 2.45) is 17.3 Å². The number of carbonyl (C=O) groups excluding carboxylic acids is 1. The third kappa shape index (κ3) is 3.42. The van der Waals surface area contributed by atoms with Crippen LogP contribution in [0.4, 0.5) is 0 Å². The van der Waals surface area contributed by atoms with Crippen LogP contribution in [-0.2, 0) is 9.59 Å². The van der Waals surface area contributed by atoms with Gasteiger partial charge in [-0.15, -0.1) is 6.58 Å². The van der Waals surface area contributed by atoms with Crippen LogP contribution < -0.4 is 0 Å². The second-order valence-corrected chi connectivity index (χ2v) is 5.60. The Morgan fingerprint density at radius 3 is 2.65 bits per heavy atom. The second-order valence-electron chi connectivity index (χ2n) is 5.60. The fourth-order valence-corrected chi connectivity index (χ4v) is 2.39. The van der Waals surface area contributed by atoms with E-state index in [9.17, 15) is 9.59 Å². The number of carboxylic acids is 1. The summed E-state index contributed by atoms with van der Waals surface area (Å²) >= 11 is 0. The van der Waals surface area contributed by atoms with E-state index in [-0.39, 0.29) is 11.8 Å². The number of hydrogen-bond acceptors (Lipinski definition) is 2. The summed E-state index contributed by atoms with van der Waals surface area (Å²) in [4.78, 5) is 22.8. The number of aliphatic carboxylic acids is 1. The lowest BCUT2D eigenvalue weighted by Gasteiger charge is -2.19. The van der Waals surface area contributed by atoms with Gasteiger partial charge in [-0.25, -0.2) is 0 Å². The zero-order valence-electron chi connectivity index (χ0n) is 10.7. The Balaban J connectivity index is 2.36. The predicted molar refractivity (Wildman–Crippen MR) is 66.7 cm³/mol. The van der Waals surface area contributed by atoms with E-state index in [1.165, 1.54) is 0 Å². The van der Waals surface area contributed by atoms with Crippen LogP contribution in [0.15, 0.2) is 12.7 Å². The summed E-state index contributed by atoms with van der Waals surface area (Å²) in [5.74, 6) is -0.303. The fourth-order valence-electron chi connectivity index (χ4n) is 2.39. The molecule has 0 radical (unpaired) electrons. The molecule has 0 spiro atoms. The molecule has 3 heteroatoms. The van der Waals surface area contributed by atoms with Crippen molar-refractivity contribution in [1.29, 1.82) is 0 Å². The van der Waals surface area contributed by atoms with Crippen LogP contribution in [0.1, 0.15) is 46.0 Å². The van der Waals surface area contributed by atoms with Crippen LogP contribution in [0, 0.1) is 17.3 Å². The van der Waals surface area contributed by atoms with E-state index in [2.05, 4.69) is 6.58 Å². The lowest BCUT2D eigenvalue weighted by molar-refractivity contribution is -0.147. The van der Waals surface area contributed by atoms with E-state index in [1.807, 2.05) is 0 Å². The maximum Gasteiger partial charge on any atom is 0.309 e. The van der Waals surface area contributed by atoms with Gasteiger partial charge in [-0.05, 0) is 39.5 Å². The minimum atomic E-state index is -0.765. The summed E-state index contributed by atoms with van der Waals surface area (Å²) < 4.78 is 0. The van der Waals surface area contributed by atoms with Crippen LogP contribution in [0.5, 0.6) is 0 Å². The first-order valence-corrected chi connectivity index (χ1v) is 6.28. The Bertz CT molecular complexity index is 317. The molecule has 17 heavy (non-hydrogen) atoms. The molecule has 2 atom stereocenters. The van der Waals surface area contributed by atoms with Gasteiger partial charge >= 0.3 is 5.97 Å². The number of allylic oxidation sites excluding steroid dienone is 1. The summed E-state index contributed by atoms with van der Waals surface area (Å²) in [5.41, 5.74) is -0.681. The highest BCUT2D eigenvalue weighted by Gasteiger charge is 2.33. The smallest absolute Gasteiger partial charge is 0.309 e. The minimum absolute atomic E-state index is 0.0347. The quantitative estimate of drug-likeness (QED) is 0.723. The average molecular weight is 238 g/mol. The molecule has 1 saturated carbocycles. The van der Waals surface area contributed by atoms with Crippen molar-refractivity contribution in [3.05, 3.63) is 12.7 Å². The van der Waals surface area contributed by atoms with Gasteiger partial charge in [0.15, 0.2) is 0 Å². The van der Waals surface area contributed by atoms with E-state index in [4.69, 9.17) is 5.11 Å². The molecule has 1 aliphatic rings. The van der Waals surface area contributed by atoms with Crippen LogP contribution in [0.2, 0.25) is 0 Å². The standard InChI is InChI=1S/C14H22O3/c1-4-10-7-8-11(12(10)15)6-5-9-14(2,3)13(16)17/h4,10-11H,1,5-9H2,2-3H3,(H,16,17). The van der Waals surface area contributed by atoms with Crippen molar-refractivity contribution in [3.63, 3.8) is 0 Å². The summed E-state index contributed by atoms with van der Waals surface area (Å²) in [7, 11) is 0. The monoisotopic (exact) mass is 238 g/mol. The summed E-state index contributed by atoms with van der Waals surface area (Å²) in [5, 5.41) is 8.99. The highest BCUT2D eigenvalue weighted by atomic mass is 16.4. The van der Waals surface area contributed by atoms with E-state index in [0.717, 1.165) is 25.7 Å². The molecule has 1 aliphatic carbocycles. The molecule has 0 bridgehead atoms. The van der Waals surface area contributed by atoms with Crippen LogP contribution in [0.3, 0.4) is 0 Å². The number of ketones is 1. The number of rotatable bonds is 6. The largest absolute Gasteiger partial charge is 0.481 e. The zero-order valence-corrected chi connectivity index (χ0v) is 10.7. The van der Waals surface area contributed by atoms with Gasteiger partial charge in [0.05, 0.1) is 5.41 Å². The molecule has 0 aliphatic heterocycles. The molecule has 1 fully saturated rings. The van der Waals surface area contributed by atoms with Gasteiger partial charge in [-0.2, -0.15) is 0 Å². The second kappa shape index (κ2) is 5.48. The van der Waals surface area contributed by atoms with Gasteiger partial charge in [0, 0.05) is 11.8 Å². The molecular weight excluding hydrogens is 216 g/mol. The molecule has 3 nitrogen and oxygen atoms in total. The molecule has 1 rings (SSSR count). The molecule has 0 amide bonds. The van der Waals surface area contributed by atoms with E-state index < -0.39 is 11.4 Å². The third-order valence-corrected chi connectivity index (χ3v) is 3.81. The summed E-state index contributed by atoms with van der Waals surface area (Å²) in [6.07, 6.45) is 5.84. The minimum Gasteiger partial charge on any atom is -0.481 e. The van der Waals surface area contributed by atoms with E-state index in [1.54, 1.807) is 19.9 Å². The highest BCUT2D eigenvalue weighted by Crippen LogP contribution is 2.33. The Labute approximate surface area is 103 Å². The van der Waals surface area contributed by atoms with Crippen molar-refractivity contribution >= 4 is 11.8 Å². The molecule has 0 heterocycles. The zero-order chi connectivity index (χ0) is 13.1. The van der Waals surface area contributed by atoms with Gasteiger partial charge < -0.3 is 5.11 Å². The Morgan fingerprint density at radius 2 is 2.18 bits per heavy atom. The topological polar surface area (TPSA) is 54.4 Å². The molecule has 0 aromatic rings. The van der Waals surface area contributed by atoms with E-state index in [0.29, 0.717) is 12.2 Å². The van der Waals surface area contributed by atoms with Crippen molar-refractivity contribution in [2.45, 2.75) is 46.0 Å².